The molecular formula is C20H19N3OS. The first-order valence-corrected chi connectivity index (χ1v) is 8.98. The molecule has 3 rings (SSSR count). The first kappa shape index (κ1) is 17.2. The number of carbonyl (C=O) groups excluding carboxylic acids is 1. The van der Waals surface area contributed by atoms with Crippen molar-refractivity contribution < 1.29 is 4.79 Å². The fraction of sp³-hybridized carbons (Fsp3) is 0.150. The van der Waals surface area contributed by atoms with Crippen LogP contribution in [0.4, 0.5) is 0 Å². The Morgan fingerprint density at radius 3 is 2.76 bits per heavy atom. The average Bonchev–Trinajstić information content (AvgIpc) is 2.61. The monoisotopic (exact) mass is 349 g/mol. The van der Waals surface area contributed by atoms with Crippen molar-refractivity contribution in [1.29, 1.82) is 0 Å². The first-order chi connectivity index (χ1) is 12.1. The number of amides is 1. The van der Waals surface area contributed by atoms with E-state index in [2.05, 4.69) is 35.4 Å². The molecule has 1 N–H and O–H groups in total. The Morgan fingerprint density at radius 2 is 1.96 bits per heavy atom. The predicted octanol–water partition coefficient (Wildman–Crippen LogP) is 4.09. The largest absolute Gasteiger partial charge is 0.272 e. The molecule has 1 aromatic heterocycles. The van der Waals surface area contributed by atoms with Crippen LogP contribution in [0.3, 0.4) is 0 Å². The first-order valence-electron chi connectivity index (χ1n) is 7.99. The summed E-state index contributed by atoms with van der Waals surface area (Å²) in [4.78, 5) is 16.5. The molecule has 0 aliphatic heterocycles. The van der Waals surface area contributed by atoms with Gasteiger partial charge in [0.2, 0.25) is 5.91 Å². The number of rotatable bonds is 5. The number of hydrogen-bond acceptors (Lipinski definition) is 4. The van der Waals surface area contributed by atoms with Crippen molar-refractivity contribution in [3.05, 3.63) is 71.3 Å². The molecule has 2 aromatic carbocycles. The third kappa shape index (κ3) is 4.67. The van der Waals surface area contributed by atoms with Crippen LogP contribution < -0.4 is 5.43 Å². The molecule has 5 heteroatoms. The summed E-state index contributed by atoms with van der Waals surface area (Å²) in [6.07, 6.45) is 1.63. The third-order valence-corrected chi connectivity index (χ3v) is 4.61. The van der Waals surface area contributed by atoms with Gasteiger partial charge in [-0.15, -0.1) is 0 Å². The number of nitrogens with one attached hydrogen (secondary N) is 1. The van der Waals surface area contributed by atoms with Gasteiger partial charge in [-0.3, -0.25) is 4.79 Å². The average molecular weight is 349 g/mol. The van der Waals surface area contributed by atoms with Crippen LogP contribution >= 0.6 is 11.8 Å². The SMILES string of the molecule is Cc1ccc2nc(SCC(=O)N/N=C\c3ccccc3)cc(C)c2c1. The van der Waals surface area contributed by atoms with E-state index in [4.69, 9.17) is 0 Å². The van der Waals surface area contributed by atoms with Crippen LogP contribution in [0, 0.1) is 13.8 Å². The zero-order valence-electron chi connectivity index (χ0n) is 14.2. The van der Waals surface area contributed by atoms with Gasteiger partial charge in [-0.1, -0.05) is 53.7 Å². The van der Waals surface area contributed by atoms with E-state index in [1.54, 1.807) is 6.21 Å². The molecule has 126 valence electrons. The summed E-state index contributed by atoms with van der Waals surface area (Å²) in [6, 6.07) is 17.9. The molecule has 0 aliphatic carbocycles. The van der Waals surface area contributed by atoms with E-state index in [1.165, 1.54) is 22.9 Å². The Labute approximate surface area is 151 Å². The smallest absolute Gasteiger partial charge is 0.250 e. The maximum absolute atomic E-state index is 11.9. The molecule has 0 aliphatic rings. The van der Waals surface area contributed by atoms with E-state index in [-0.39, 0.29) is 11.7 Å². The van der Waals surface area contributed by atoms with Crippen molar-refractivity contribution in [2.75, 3.05) is 5.75 Å². The molecule has 0 fully saturated rings. The molecule has 0 bridgehead atoms. The van der Waals surface area contributed by atoms with Gasteiger partial charge in [0.05, 0.1) is 22.5 Å². The van der Waals surface area contributed by atoms with E-state index in [1.807, 2.05) is 48.5 Å². The predicted molar refractivity (Wildman–Crippen MR) is 104 cm³/mol. The van der Waals surface area contributed by atoms with Crippen molar-refractivity contribution >= 4 is 34.8 Å². The molecule has 0 spiro atoms. The van der Waals surface area contributed by atoms with Crippen LogP contribution in [0.25, 0.3) is 10.9 Å². The number of aromatic nitrogens is 1. The molecule has 0 radical (unpaired) electrons. The van der Waals surface area contributed by atoms with Gasteiger partial charge in [0.15, 0.2) is 0 Å². The molecule has 0 saturated heterocycles. The number of pyridine rings is 1. The van der Waals surface area contributed by atoms with Gasteiger partial charge in [-0.05, 0) is 43.2 Å². The van der Waals surface area contributed by atoms with E-state index in [0.29, 0.717) is 0 Å². The Bertz CT molecular complexity index is 923. The molecule has 3 aromatic rings. The number of fused-ring (bicyclic) bond motifs is 1. The van der Waals surface area contributed by atoms with Crippen LogP contribution in [-0.2, 0) is 4.79 Å². The van der Waals surface area contributed by atoms with Crippen molar-refractivity contribution in [2.24, 2.45) is 5.10 Å². The molecule has 4 nitrogen and oxygen atoms in total. The van der Waals surface area contributed by atoms with Crippen molar-refractivity contribution in [1.82, 2.24) is 10.4 Å². The molecule has 0 atom stereocenters. The highest BCUT2D eigenvalue weighted by Gasteiger charge is 2.06. The molecule has 1 heterocycles. The van der Waals surface area contributed by atoms with Crippen molar-refractivity contribution in [3.63, 3.8) is 0 Å². The summed E-state index contributed by atoms with van der Waals surface area (Å²) in [7, 11) is 0. The van der Waals surface area contributed by atoms with Gasteiger partial charge in [0.1, 0.15) is 0 Å². The number of hydrazone groups is 1. The molecule has 1 amide bonds. The highest BCUT2D eigenvalue weighted by Crippen LogP contribution is 2.24. The number of benzene rings is 2. The number of hydrogen-bond donors (Lipinski definition) is 1. The van der Waals surface area contributed by atoms with Crippen LogP contribution in [0.5, 0.6) is 0 Å². The molecule has 25 heavy (non-hydrogen) atoms. The normalized spacial score (nSPS) is 11.1. The Kier molecular flexibility index (Phi) is 5.46. The maximum atomic E-state index is 11.9. The zero-order chi connectivity index (χ0) is 17.6. The van der Waals surface area contributed by atoms with E-state index in [9.17, 15) is 4.79 Å². The van der Waals surface area contributed by atoms with E-state index >= 15 is 0 Å². The lowest BCUT2D eigenvalue weighted by Crippen LogP contribution is -2.19. The summed E-state index contributed by atoms with van der Waals surface area (Å²) in [5.41, 5.74) is 6.82. The van der Waals surface area contributed by atoms with Crippen molar-refractivity contribution in [3.8, 4) is 0 Å². The summed E-state index contributed by atoms with van der Waals surface area (Å²) < 4.78 is 0. The van der Waals surface area contributed by atoms with Crippen LogP contribution in [-0.4, -0.2) is 22.9 Å². The van der Waals surface area contributed by atoms with Gasteiger partial charge in [0, 0.05) is 5.39 Å². The minimum Gasteiger partial charge on any atom is -0.272 e. The third-order valence-electron chi connectivity index (χ3n) is 3.70. The summed E-state index contributed by atoms with van der Waals surface area (Å²) >= 11 is 1.41. The summed E-state index contributed by atoms with van der Waals surface area (Å²) in [6.45, 7) is 4.14. The Hall–Kier alpha value is -2.66. The van der Waals surface area contributed by atoms with E-state index < -0.39 is 0 Å². The van der Waals surface area contributed by atoms with Crippen molar-refractivity contribution in [2.45, 2.75) is 18.9 Å². The highest BCUT2D eigenvalue weighted by atomic mass is 32.2. The minimum atomic E-state index is -0.152. The minimum absolute atomic E-state index is 0.152. The number of thioether (sulfide) groups is 1. The van der Waals surface area contributed by atoms with Crippen LogP contribution in [0.1, 0.15) is 16.7 Å². The highest BCUT2D eigenvalue weighted by molar-refractivity contribution is 7.99. The number of nitrogens with zero attached hydrogens (tertiary/aromatic N) is 2. The fourth-order valence-corrected chi connectivity index (χ4v) is 3.21. The van der Waals surface area contributed by atoms with Gasteiger partial charge < -0.3 is 0 Å². The van der Waals surface area contributed by atoms with Gasteiger partial charge in [-0.2, -0.15) is 5.10 Å². The lowest BCUT2D eigenvalue weighted by molar-refractivity contribution is -0.118. The Morgan fingerprint density at radius 1 is 1.16 bits per heavy atom. The number of carbonyl (C=O) groups is 1. The molecule has 0 unspecified atom stereocenters. The summed E-state index contributed by atoms with van der Waals surface area (Å²) in [5.74, 6) is 0.122. The second kappa shape index (κ2) is 7.94. The lowest BCUT2D eigenvalue weighted by atomic mass is 10.1. The second-order valence-electron chi connectivity index (χ2n) is 5.79. The quantitative estimate of drug-likeness (QED) is 0.429. The van der Waals surface area contributed by atoms with E-state index in [0.717, 1.165) is 21.5 Å². The van der Waals surface area contributed by atoms with Crippen LogP contribution in [0.2, 0.25) is 0 Å². The maximum Gasteiger partial charge on any atom is 0.250 e. The van der Waals surface area contributed by atoms with Crippen LogP contribution in [0.15, 0.2) is 64.7 Å². The standard InChI is InChI=1S/C20H19N3OS/c1-14-8-9-18-17(10-14)15(2)11-20(22-18)25-13-19(24)23-21-12-16-6-4-3-5-7-16/h3-12H,13H2,1-2H3,(H,23,24)/b21-12-. The summed E-state index contributed by atoms with van der Waals surface area (Å²) in [5, 5.41) is 5.97. The number of aryl methyl sites for hydroxylation is 2. The zero-order valence-corrected chi connectivity index (χ0v) is 15.0. The van der Waals surface area contributed by atoms with Gasteiger partial charge in [0.25, 0.3) is 0 Å². The second-order valence-corrected chi connectivity index (χ2v) is 6.79. The van der Waals surface area contributed by atoms with Gasteiger partial charge in [-0.25, -0.2) is 10.4 Å². The lowest BCUT2D eigenvalue weighted by Gasteiger charge is -2.07. The topological polar surface area (TPSA) is 54.4 Å². The Balaban J connectivity index is 1.59. The molecule has 0 saturated carbocycles. The van der Waals surface area contributed by atoms with Gasteiger partial charge >= 0.3 is 0 Å². The fourth-order valence-electron chi connectivity index (χ4n) is 2.44. The molecular weight excluding hydrogens is 330 g/mol.